The van der Waals surface area contributed by atoms with Gasteiger partial charge in [0.1, 0.15) is 5.75 Å². The molecule has 5 heteroatoms. The van der Waals surface area contributed by atoms with Crippen LogP contribution in [0.3, 0.4) is 0 Å². The van der Waals surface area contributed by atoms with Crippen molar-refractivity contribution in [2.24, 2.45) is 5.92 Å². The SMILES string of the molecule is COc1ccc([C@@H]2CNC[C@H]2C(=O)Nc2cccc(-c3ccccc3)c2)cc1.Cl. The number of ether oxygens (including phenoxy) is 1. The van der Waals surface area contributed by atoms with E-state index in [0.717, 1.165) is 34.7 Å². The maximum atomic E-state index is 13.0. The van der Waals surface area contributed by atoms with Crippen molar-refractivity contribution in [2.75, 3.05) is 25.5 Å². The molecule has 3 aromatic carbocycles. The quantitative estimate of drug-likeness (QED) is 0.641. The molecule has 2 atom stereocenters. The van der Waals surface area contributed by atoms with Gasteiger partial charge in [-0.1, -0.05) is 54.6 Å². The van der Waals surface area contributed by atoms with Crippen LogP contribution < -0.4 is 15.4 Å². The molecule has 150 valence electrons. The van der Waals surface area contributed by atoms with Crippen molar-refractivity contribution < 1.29 is 9.53 Å². The second-order valence-corrected chi connectivity index (χ2v) is 7.08. The lowest BCUT2D eigenvalue weighted by molar-refractivity contribution is -0.119. The summed E-state index contributed by atoms with van der Waals surface area (Å²) in [7, 11) is 1.66. The van der Waals surface area contributed by atoms with E-state index in [4.69, 9.17) is 4.74 Å². The van der Waals surface area contributed by atoms with Crippen LogP contribution >= 0.6 is 12.4 Å². The molecular weight excluding hydrogens is 384 g/mol. The fourth-order valence-corrected chi connectivity index (χ4v) is 3.80. The minimum Gasteiger partial charge on any atom is -0.497 e. The van der Waals surface area contributed by atoms with Gasteiger partial charge in [0.15, 0.2) is 0 Å². The van der Waals surface area contributed by atoms with Gasteiger partial charge in [-0.15, -0.1) is 12.4 Å². The second-order valence-electron chi connectivity index (χ2n) is 7.08. The normalized spacial score (nSPS) is 18.0. The third kappa shape index (κ3) is 4.78. The van der Waals surface area contributed by atoms with Crippen LogP contribution in [-0.2, 0) is 4.79 Å². The molecule has 0 aliphatic carbocycles. The van der Waals surface area contributed by atoms with Gasteiger partial charge in [-0.2, -0.15) is 0 Å². The largest absolute Gasteiger partial charge is 0.497 e. The van der Waals surface area contributed by atoms with Crippen molar-refractivity contribution in [1.29, 1.82) is 0 Å². The predicted molar refractivity (Wildman–Crippen MR) is 120 cm³/mol. The van der Waals surface area contributed by atoms with Gasteiger partial charge in [-0.3, -0.25) is 4.79 Å². The summed E-state index contributed by atoms with van der Waals surface area (Å²) in [6.07, 6.45) is 0. The van der Waals surface area contributed by atoms with Crippen LogP contribution in [0.5, 0.6) is 5.75 Å². The Hall–Kier alpha value is -2.82. The highest BCUT2D eigenvalue weighted by atomic mass is 35.5. The molecule has 0 unspecified atom stereocenters. The molecular formula is C24H25ClN2O2. The number of nitrogens with one attached hydrogen (secondary N) is 2. The number of amides is 1. The monoisotopic (exact) mass is 408 g/mol. The van der Waals surface area contributed by atoms with Crippen molar-refractivity contribution in [2.45, 2.75) is 5.92 Å². The molecule has 1 fully saturated rings. The highest BCUT2D eigenvalue weighted by Crippen LogP contribution is 2.31. The third-order valence-electron chi connectivity index (χ3n) is 5.33. The molecule has 0 radical (unpaired) electrons. The summed E-state index contributed by atoms with van der Waals surface area (Å²) in [5.74, 6) is 0.932. The Labute approximate surface area is 177 Å². The summed E-state index contributed by atoms with van der Waals surface area (Å²) in [6, 6.07) is 26.2. The van der Waals surface area contributed by atoms with Gasteiger partial charge < -0.3 is 15.4 Å². The third-order valence-corrected chi connectivity index (χ3v) is 5.33. The highest BCUT2D eigenvalue weighted by molar-refractivity contribution is 5.94. The number of methoxy groups -OCH3 is 1. The Morgan fingerprint density at radius 3 is 2.38 bits per heavy atom. The van der Waals surface area contributed by atoms with Gasteiger partial charge in [0.25, 0.3) is 0 Å². The Morgan fingerprint density at radius 2 is 1.66 bits per heavy atom. The summed E-state index contributed by atoms with van der Waals surface area (Å²) in [4.78, 5) is 13.0. The maximum absolute atomic E-state index is 13.0. The molecule has 0 spiro atoms. The Balaban J connectivity index is 0.00000240. The van der Waals surface area contributed by atoms with E-state index in [1.54, 1.807) is 7.11 Å². The number of carbonyl (C=O) groups excluding carboxylic acids is 1. The number of benzene rings is 3. The molecule has 0 aromatic heterocycles. The van der Waals surface area contributed by atoms with E-state index in [0.29, 0.717) is 6.54 Å². The summed E-state index contributed by atoms with van der Waals surface area (Å²) in [6.45, 7) is 1.48. The first-order chi connectivity index (χ1) is 13.7. The zero-order valence-electron chi connectivity index (χ0n) is 16.3. The fourth-order valence-electron chi connectivity index (χ4n) is 3.80. The van der Waals surface area contributed by atoms with E-state index in [9.17, 15) is 4.79 Å². The fraction of sp³-hybridized carbons (Fsp3) is 0.208. The molecule has 0 bridgehead atoms. The van der Waals surface area contributed by atoms with Gasteiger partial charge in [0.2, 0.25) is 5.91 Å². The molecule has 29 heavy (non-hydrogen) atoms. The zero-order valence-corrected chi connectivity index (χ0v) is 17.1. The van der Waals surface area contributed by atoms with Crippen molar-refractivity contribution in [3.05, 3.63) is 84.4 Å². The van der Waals surface area contributed by atoms with Crippen molar-refractivity contribution in [3.8, 4) is 16.9 Å². The lowest BCUT2D eigenvalue weighted by Crippen LogP contribution is -2.28. The molecule has 1 aliphatic rings. The molecule has 4 rings (SSSR count). The number of rotatable bonds is 5. The molecule has 3 aromatic rings. The van der Waals surface area contributed by atoms with E-state index in [2.05, 4.69) is 28.8 Å². The highest BCUT2D eigenvalue weighted by Gasteiger charge is 2.34. The summed E-state index contributed by atoms with van der Waals surface area (Å²) in [5.41, 5.74) is 4.21. The minimum absolute atomic E-state index is 0. The minimum atomic E-state index is -0.103. The standard InChI is InChI=1S/C24H24N2O2.ClH/c1-28-21-12-10-18(11-13-21)22-15-25-16-23(22)24(27)26-20-9-5-8-19(14-20)17-6-3-2-4-7-17;/h2-14,22-23,25H,15-16H2,1H3,(H,26,27);1H/t22-,23+;/m0./s1. The van der Waals surface area contributed by atoms with E-state index in [-0.39, 0.29) is 30.2 Å². The van der Waals surface area contributed by atoms with Crippen LogP contribution in [0.4, 0.5) is 5.69 Å². The molecule has 1 amide bonds. The number of halogens is 1. The first-order valence-electron chi connectivity index (χ1n) is 9.55. The lowest BCUT2D eigenvalue weighted by Gasteiger charge is -2.19. The van der Waals surface area contributed by atoms with Gasteiger partial charge in [0.05, 0.1) is 13.0 Å². The number of anilines is 1. The van der Waals surface area contributed by atoms with E-state index >= 15 is 0 Å². The number of hydrogen-bond donors (Lipinski definition) is 2. The van der Waals surface area contributed by atoms with Crippen molar-refractivity contribution in [3.63, 3.8) is 0 Å². The van der Waals surface area contributed by atoms with Crippen LogP contribution in [-0.4, -0.2) is 26.1 Å². The number of carbonyl (C=O) groups is 1. The van der Waals surface area contributed by atoms with E-state index in [1.807, 2.05) is 60.7 Å². The first-order valence-corrected chi connectivity index (χ1v) is 9.55. The van der Waals surface area contributed by atoms with Gasteiger partial charge in [0, 0.05) is 24.7 Å². The second kappa shape index (κ2) is 9.59. The van der Waals surface area contributed by atoms with Crippen LogP contribution in [0, 0.1) is 5.92 Å². The molecule has 1 heterocycles. The average Bonchev–Trinajstić information content (AvgIpc) is 3.25. The Bertz CT molecular complexity index is 945. The van der Waals surface area contributed by atoms with Gasteiger partial charge in [-0.25, -0.2) is 0 Å². The molecule has 1 aliphatic heterocycles. The van der Waals surface area contributed by atoms with Crippen LogP contribution in [0.2, 0.25) is 0 Å². The van der Waals surface area contributed by atoms with E-state index < -0.39 is 0 Å². The van der Waals surface area contributed by atoms with Crippen LogP contribution in [0.25, 0.3) is 11.1 Å². The first kappa shape index (κ1) is 20.9. The Kier molecular flexibility index (Phi) is 6.91. The van der Waals surface area contributed by atoms with Crippen LogP contribution in [0.1, 0.15) is 11.5 Å². The summed E-state index contributed by atoms with van der Waals surface area (Å²) in [5, 5.41) is 6.47. The summed E-state index contributed by atoms with van der Waals surface area (Å²) >= 11 is 0. The summed E-state index contributed by atoms with van der Waals surface area (Å²) < 4.78 is 5.24. The van der Waals surface area contributed by atoms with Crippen molar-refractivity contribution in [1.82, 2.24) is 5.32 Å². The number of hydrogen-bond acceptors (Lipinski definition) is 3. The molecule has 2 N–H and O–H groups in total. The average molecular weight is 409 g/mol. The van der Waals surface area contributed by atoms with E-state index in [1.165, 1.54) is 0 Å². The lowest BCUT2D eigenvalue weighted by atomic mass is 9.88. The smallest absolute Gasteiger partial charge is 0.229 e. The molecule has 0 saturated carbocycles. The topological polar surface area (TPSA) is 50.4 Å². The molecule has 4 nitrogen and oxygen atoms in total. The molecule has 1 saturated heterocycles. The Morgan fingerprint density at radius 1 is 0.931 bits per heavy atom. The zero-order chi connectivity index (χ0) is 19.3. The van der Waals surface area contributed by atoms with Crippen LogP contribution in [0.15, 0.2) is 78.9 Å². The van der Waals surface area contributed by atoms with Gasteiger partial charge in [-0.05, 0) is 41.0 Å². The van der Waals surface area contributed by atoms with Crippen molar-refractivity contribution >= 4 is 24.0 Å². The van der Waals surface area contributed by atoms with Gasteiger partial charge >= 0.3 is 0 Å². The predicted octanol–water partition coefficient (Wildman–Crippen LogP) is 4.73. The maximum Gasteiger partial charge on any atom is 0.229 e.